The maximum Gasteiger partial charge on any atom is 0.276 e. The second-order valence-electron chi connectivity index (χ2n) is 5.86. The molecule has 0 saturated heterocycles. The van der Waals surface area contributed by atoms with E-state index in [4.69, 9.17) is 14.2 Å². The number of carbonyl (C=O) groups excluding carboxylic acids is 1. The van der Waals surface area contributed by atoms with Gasteiger partial charge in [0.25, 0.3) is 11.6 Å². The Labute approximate surface area is 165 Å². The maximum absolute atomic E-state index is 12.4. The molecule has 0 aliphatic carbocycles. The Kier molecular flexibility index (Phi) is 6.05. The number of nitro groups is 1. The molecule has 2 aromatic carbocycles. The molecular weight excluding hydrogens is 380 g/mol. The minimum atomic E-state index is -0.566. The topological polar surface area (TPSA) is 118 Å². The number of hydrogen-bond acceptors (Lipinski definition) is 7. The van der Waals surface area contributed by atoms with Crippen molar-refractivity contribution in [3.63, 3.8) is 0 Å². The van der Waals surface area contributed by atoms with Crippen molar-refractivity contribution < 1.29 is 23.9 Å². The van der Waals surface area contributed by atoms with E-state index in [0.29, 0.717) is 11.5 Å². The van der Waals surface area contributed by atoms with Crippen LogP contribution >= 0.6 is 0 Å². The first-order chi connectivity index (χ1) is 14.0. The average molecular weight is 398 g/mol. The number of nitro benzene ring substituents is 1. The largest absolute Gasteiger partial charge is 0.497 e. The maximum atomic E-state index is 12.4. The first-order valence-corrected chi connectivity index (χ1v) is 8.43. The average Bonchev–Trinajstić information content (AvgIpc) is 3.17. The lowest BCUT2D eigenvalue weighted by Gasteiger charge is -2.09. The summed E-state index contributed by atoms with van der Waals surface area (Å²) in [6.45, 7) is 0.198. The van der Waals surface area contributed by atoms with Crippen molar-refractivity contribution in [2.75, 3.05) is 19.5 Å². The molecule has 0 fully saturated rings. The van der Waals surface area contributed by atoms with Crippen LogP contribution in [0.15, 0.2) is 54.7 Å². The molecule has 0 spiro atoms. The molecule has 29 heavy (non-hydrogen) atoms. The minimum absolute atomic E-state index is 0.145. The van der Waals surface area contributed by atoms with Crippen LogP contribution < -0.4 is 14.8 Å². The molecule has 1 heterocycles. The van der Waals surface area contributed by atoms with Crippen LogP contribution in [0.3, 0.4) is 0 Å². The Morgan fingerprint density at radius 2 is 1.83 bits per heavy atom. The fraction of sp³-hybridized carbons (Fsp3) is 0.158. The van der Waals surface area contributed by atoms with E-state index in [1.165, 1.54) is 36.1 Å². The van der Waals surface area contributed by atoms with Gasteiger partial charge in [0.15, 0.2) is 5.69 Å². The summed E-state index contributed by atoms with van der Waals surface area (Å²) in [7, 11) is 3.05. The van der Waals surface area contributed by atoms with Crippen LogP contribution in [0.1, 0.15) is 10.5 Å². The Hall–Kier alpha value is -3.92. The number of nitrogens with one attached hydrogen (secondary N) is 1. The quantitative estimate of drug-likeness (QED) is 0.456. The molecule has 0 saturated carbocycles. The fourth-order valence-corrected chi connectivity index (χ4v) is 2.48. The second-order valence-corrected chi connectivity index (χ2v) is 5.86. The molecule has 10 heteroatoms. The number of rotatable bonds is 8. The molecule has 1 N–H and O–H groups in total. The zero-order valence-corrected chi connectivity index (χ0v) is 15.7. The highest BCUT2D eigenvalue weighted by molar-refractivity contribution is 6.03. The lowest BCUT2D eigenvalue weighted by Crippen LogP contribution is -2.14. The Morgan fingerprint density at radius 3 is 2.48 bits per heavy atom. The van der Waals surface area contributed by atoms with Crippen molar-refractivity contribution in [1.82, 2.24) is 9.78 Å². The number of carbonyl (C=O) groups is 1. The summed E-state index contributed by atoms with van der Waals surface area (Å²) >= 11 is 0. The highest BCUT2D eigenvalue weighted by Crippen LogP contribution is 2.30. The molecule has 10 nitrogen and oxygen atoms in total. The van der Waals surface area contributed by atoms with E-state index < -0.39 is 10.8 Å². The second kappa shape index (κ2) is 8.85. The number of methoxy groups -OCH3 is 2. The van der Waals surface area contributed by atoms with Gasteiger partial charge in [0, 0.05) is 25.4 Å². The summed E-state index contributed by atoms with van der Waals surface area (Å²) in [6.07, 6.45) is 1.59. The molecule has 0 unspecified atom stereocenters. The van der Waals surface area contributed by atoms with Crippen LogP contribution in [0, 0.1) is 10.1 Å². The zero-order chi connectivity index (χ0) is 20.8. The third-order valence-electron chi connectivity index (χ3n) is 3.79. The van der Waals surface area contributed by atoms with Gasteiger partial charge in [-0.2, -0.15) is 5.10 Å². The molecule has 0 bridgehead atoms. The van der Waals surface area contributed by atoms with Gasteiger partial charge in [0.2, 0.25) is 0 Å². The van der Waals surface area contributed by atoms with E-state index in [1.54, 1.807) is 37.6 Å². The summed E-state index contributed by atoms with van der Waals surface area (Å²) in [5.74, 6) is 0.791. The van der Waals surface area contributed by atoms with Crippen LogP contribution in [-0.2, 0) is 11.5 Å². The molecular formula is C19H18N4O6. The molecule has 0 aliphatic rings. The number of hydrogen-bond donors (Lipinski definition) is 1. The predicted molar refractivity (Wildman–Crippen MR) is 103 cm³/mol. The molecule has 3 aromatic rings. The van der Waals surface area contributed by atoms with Gasteiger partial charge in [-0.15, -0.1) is 0 Å². The lowest BCUT2D eigenvalue weighted by atomic mass is 10.2. The zero-order valence-electron chi connectivity index (χ0n) is 15.7. The molecule has 150 valence electrons. The summed E-state index contributed by atoms with van der Waals surface area (Å²) in [6, 6.07) is 12.2. The standard InChI is InChI=1S/C19H18N4O6/c1-27-12-22-8-7-18(21-22)19(24)20-13-9-14(23(25)26)11-17(10-13)29-16-5-3-15(28-2)4-6-16/h3-11H,12H2,1-2H3,(H,20,24). The summed E-state index contributed by atoms with van der Waals surface area (Å²) in [5.41, 5.74) is 0.122. The fourth-order valence-electron chi connectivity index (χ4n) is 2.48. The molecule has 1 aromatic heterocycles. The normalized spacial score (nSPS) is 10.4. The van der Waals surface area contributed by atoms with Crippen molar-refractivity contribution in [3.8, 4) is 17.2 Å². The van der Waals surface area contributed by atoms with E-state index in [1.807, 2.05) is 0 Å². The van der Waals surface area contributed by atoms with E-state index >= 15 is 0 Å². The number of anilines is 1. The third-order valence-corrected chi connectivity index (χ3v) is 3.79. The molecule has 3 rings (SSSR count). The Bertz CT molecular complexity index is 1020. The van der Waals surface area contributed by atoms with Crippen molar-refractivity contribution in [3.05, 3.63) is 70.5 Å². The third kappa shape index (κ3) is 5.08. The molecule has 0 aliphatic heterocycles. The van der Waals surface area contributed by atoms with Gasteiger partial charge >= 0.3 is 0 Å². The van der Waals surface area contributed by atoms with Crippen LogP contribution in [0.4, 0.5) is 11.4 Å². The SMILES string of the molecule is COCn1ccc(C(=O)Nc2cc(Oc3ccc(OC)cc3)cc([N+](=O)[O-])c2)n1. The molecule has 0 radical (unpaired) electrons. The number of benzene rings is 2. The predicted octanol–water partition coefficient (Wildman–Crippen LogP) is 3.45. The number of nitrogens with zero attached hydrogens (tertiary/aromatic N) is 3. The summed E-state index contributed by atoms with van der Waals surface area (Å²) in [5, 5.41) is 17.9. The number of non-ortho nitro benzene ring substituents is 1. The van der Waals surface area contributed by atoms with Gasteiger partial charge in [-0.3, -0.25) is 14.9 Å². The summed E-state index contributed by atoms with van der Waals surface area (Å²) in [4.78, 5) is 23.1. The minimum Gasteiger partial charge on any atom is -0.497 e. The number of amides is 1. The number of ether oxygens (including phenoxy) is 3. The van der Waals surface area contributed by atoms with Crippen LogP contribution in [0.5, 0.6) is 17.2 Å². The van der Waals surface area contributed by atoms with Crippen molar-refractivity contribution in [2.24, 2.45) is 0 Å². The van der Waals surface area contributed by atoms with Crippen molar-refractivity contribution in [1.29, 1.82) is 0 Å². The number of aromatic nitrogens is 2. The summed E-state index contributed by atoms with van der Waals surface area (Å²) < 4.78 is 17.2. The Balaban J connectivity index is 1.81. The first kappa shape index (κ1) is 19.8. The highest BCUT2D eigenvalue weighted by atomic mass is 16.6. The van der Waals surface area contributed by atoms with E-state index in [9.17, 15) is 14.9 Å². The Morgan fingerprint density at radius 1 is 1.10 bits per heavy atom. The van der Waals surface area contributed by atoms with Gasteiger partial charge in [-0.1, -0.05) is 0 Å². The van der Waals surface area contributed by atoms with Crippen molar-refractivity contribution >= 4 is 17.3 Å². The molecule has 0 atom stereocenters. The smallest absolute Gasteiger partial charge is 0.276 e. The van der Waals surface area contributed by atoms with E-state index in [0.717, 1.165) is 0 Å². The van der Waals surface area contributed by atoms with Gasteiger partial charge in [0.1, 0.15) is 24.0 Å². The van der Waals surface area contributed by atoms with Gasteiger partial charge in [-0.25, -0.2) is 4.68 Å². The highest BCUT2D eigenvalue weighted by Gasteiger charge is 2.15. The van der Waals surface area contributed by atoms with Gasteiger partial charge in [-0.05, 0) is 30.3 Å². The monoisotopic (exact) mass is 398 g/mol. The van der Waals surface area contributed by atoms with Gasteiger partial charge < -0.3 is 19.5 Å². The van der Waals surface area contributed by atoms with E-state index in [2.05, 4.69) is 10.4 Å². The lowest BCUT2D eigenvalue weighted by molar-refractivity contribution is -0.384. The van der Waals surface area contributed by atoms with Crippen LogP contribution in [-0.4, -0.2) is 34.8 Å². The first-order valence-electron chi connectivity index (χ1n) is 8.43. The van der Waals surface area contributed by atoms with Crippen LogP contribution in [0.25, 0.3) is 0 Å². The van der Waals surface area contributed by atoms with E-state index in [-0.39, 0.29) is 29.5 Å². The van der Waals surface area contributed by atoms with Gasteiger partial charge in [0.05, 0.1) is 23.8 Å². The molecule has 1 amide bonds. The van der Waals surface area contributed by atoms with Crippen LogP contribution in [0.2, 0.25) is 0 Å². The van der Waals surface area contributed by atoms with Crippen molar-refractivity contribution in [2.45, 2.75) is 6.73 Å².